The van der Waals surface area contributed by atoms with Crippen LogP contribution in [-0.2, 0) is 4.79 Å². The van der Waals surface area contributed by atoms with Gasteiger partial charge in [-0.05, 0) is 43.7 Å². The Balaban J connectivity index is 1.66. The molecule has 10 heteroatoms. The fraction of sp³-hybridized carbons (Fsp3) is 0.500. The van der Waals surface area contributed by atoms with Crippen LogP contribution in [0.5, 0.6) is 0 Å². The van der Waals surface area contributed by atoms with E-state index in [0.29, 0.717) is 29.4 Å². The van der Waals surface area contributed by atoms with Crippen LogP contribution in [0.1, 0.15) is 30.9 Å². The van der Waals surface area contributed by atoms with Crippen LogP contribution in [0, 0.1) is 18.7 Å². The number of alkyl halides is 3. The van der Waals surface area contributed by atoms with Gasteiger partial charge in [0, 0.05) is 37.1 Å². The number of nitrogen functional groups attached to an aromatic ring is 1. The summed E-state index contributed by atoms with van der Waals surface area (Å²) >= 11 is 0. The lowest BCUT2D eigenvalue weighted by atomic mass is 10.0. The summed E-state index contributed by atoms with van der Waals surface area (Å²) in [5, 5.41) is 2.37. The van der Waals surface area contributed by atoms with Crippen molar-refractivity contribution in [2.45, 2.75) is 38.4 Å². The van der Waals surface area contributed by atoms with E-state index in [1.165, 1.54) is 12.1 Å². The molecule has 30 heavy (non-hydrogen) atoms. The number of benzene rings is 1. The summed E-state index contributed by atoms with van der Waals surface area (Å²) in [4.78, 5) is 25.2. The van der Waals surface area contributed by atoms with Gasteiger partial charge in [0.15, 0.2) is 5.82 Å². The van der Waals surface area contributed by atoms with Crippen molar-refractivity contribution in [1.29, 1.82) is 0 Å². The van der Waals surface area contributed by atoms with Crippen molar-refractivity contribution >= 4 is 28.2 Å². The summed E-state index contributed by atoms with van der Waals surface area (Å²) in [7, 11) is 0. The number of halogens is 4. The second-order valence-corrected chi connectivity index (χ2v) is 8.04. The van der Waals surface area contributed by atoms with Crippen molar-refractivity contribution < 1.29 is 22.4 Å². The first-order valence-electron chi connectivity index (χ1n) is 9.82. The van der Waals surface area contributed by atoms with Gasteiger partial charge in [-0.1, -0.05) is 0 Å². The Morgan fingerprint density at radius 2 is 1.97 bits per heavy atom. The van der Waals surface area contributed by atoms with Crippen molar-refractivity contribution in [2.75, 3.05) is 30.3 Å². The molecule has 0 radical (unpaired) electrons. The molecule has 1 amide bonds. The number of aromatic nitrogens is 1. The molecule has 1 aliphatic heterocycles. The number of aryl methyl sites for hydroxylation is 1. The van der Waals surface area contributed by atoms with E-state index in [4.69, 9.17) is 5.73 Å². The first-order valence-corrected chi connectivity index (χ1v) is 9.82. The molecule has 1 aliphatic carbocycles. The summed E-state index contributed by atoms with van der Waals surface area (Å²) in [6.07, 6.45) is -2.69. The Morgan fingerprint density at radius 1 is 1.27 bits per heavy atom. The molecule has 0 bridgehead atoms. The SMILES string of the molecule is Cc1c(N2CCC(CNC(=O)C(F)(F)F)C2)c(F)c(N)c2ccc(=O)n(C3CC3)c12. The molecule has 1 atom stereocenters. The maximum Gasteiger partial charge on any atom is 0.471 e. The number of hydrogen-bond acceptors (Lipinski definition) is 4. The second-order valence-electron chi connectivity index (χ2n) is 8.04. The van der Waals surface area contributed by atoms with Gasteiger partial charge in [0.1, 0.15) is 0 Å². The molecule has 1 saturated carbocycles. The van der Waals surface area contributed by atoms with Gasteiger partial charge in [0.2, 0.25) is 0 Å². The third kappa shape index (κ3) is 3.48. The Bertz CT molecular complexity index is 1080. The molecule has 2 aliphatic rings. The summed E-state index contributed by atoms with van der Waals surface area (Å²) in [6.45, 7) is 2.28. The van der Waals surface area contributed by atoms with E-state index in [1.54, 1.807) is 16.4 Å². The number of pyridine rings is 1. The zero-order chi connectivity index (χ0) is 21.8. The van der Waals surface area contributed by atoms with Gasteiger partial charge in [-0.2, -0.15) is 13.2 Å². The number of hydrogen-bond donors (Lipinski definition) is 2. The molecule has 1 unspecified atom stereocenters. The fourth-order valence-electron chi connectivity index (χ4n) is 4.29. The maximum atomic E-state index is 15.2. The highest BCUT2D eigenvalue weighted by Gasteiger charge is 2.39. The minimum absolute atomic E-state index is 0.0474. The van der Waals surface area contributed by atoms with Gasteiger partial charge >= 0.3 is 12.1 Å². The summed E-state index contributed by atoms with van der Waals surface area (Å²) in [5.74, 6) is -2.83. The number of carbonyl (C=O) groups excluding carboxylic acids is 1. The number of nitrogens with two attached hydrogens (primary N) is 1. The van der Waals surface area contributed by atoms with Crippen LogP contribution in [0.2, 0.25) is 0 Å². The minimum atomic E-state index is -4.93. The fourth-order valence-corrected chi connectivity index (χ4v) is 4.29. The van der Waals surface area contributed by atoms with Gasteiger partial charge in [0.05, 0.1) is 16.9 Å². The first-order chi connectivity index (χ1) is 14.1. The monoisotopic (exact) mass is 426 g/mol. The highest BCUT2D eigenvalue weighted by molar-refractivity contribution is 5.97. The second kappa shape index (κ2) is 7.17. The van der Waals surface area contributed by atoms with Crippen molar-refractivity contribution in [2.24, 2.45) is 5.92 Å². The summed E-state index contributed by atoms with van der Waals surface area (Å²) in [6, 6.07) is 3.00. The molecule has 2 fully saturated rings. The average Bonchev–Trinajstić information content (AvgIpc) is 3.41. The Morgan fingerprint density at radius 3 is 2.60 bits per heavy atom. The molecule has 1 aromatic carbocycles. The zero-order valence-electron chi connectivity index (χ0n) is 16.4. The zero-order valence-corrected chi connectivity index (χ0v) is 16.4. The molecule has 3 N–H and O–H groups in total. The number of nitrogens with zero attached hydrogens (tertiary/aromatic N) is 2. The van der Waals surface area contributed by atoms with Crippen LogP contribution >= 0.6 is 0 Å². The number of amides is 1. The lowest BCUT2D eigenvalue weighted by Gasteiger charge is -2.25. The van der Waals surface area contributed by atoms with E-state index >= 15 is 4.39 Å². The molecule has 1 aromatic heterocycles. The highest BCUT2D eigenvalue weighted by atomic mass is 19.4. The Hall–Kier alpha value is -2.78. The molecule has 2 heterocycles. The van der Waals surface area contributed by atoms with E-state index in [9.17, 15) is 22.8 Å². The van der Waals surface area contributed by atoms with Crippen molar-refractivity contribution in [3.05, 3.63) is 33.9 Å². The predicted molar refractivity (Wildman–Crippen MR) is 105 cm³/mol. The number of rotatable bonds is 4. The van der Waals surface area contributed by atoms with Crippen LogP contribution in [0.3, 0.4) is 0 Å². The molecular weight excluding hydrogens is 404 g/mol. The van der Waals surface area contributed by atoms with E-state index in [2.05, 4.69) is 0 Å². The summed E-state index contributed by atoms with van der Waals surface area (Å²) in [5.41, 5.74) is 7.32. The Labute approximate surface area is 169 Å². The third-order valence-electron chi connectivity index (χ3n) is 5.89. The minimum Gasteiger partial charge on any atom is -0.396 e. The van der Waals surface area contributed by atoms with Crippen molar-refractivity contribution in [1.82, 2.24) is 9.88 Å². The summed E-state index contributed by atoms with van der Waals surface area (Å²) < 4.78 is 54.1. The van der Waals surface area contributed by atoms with Crippen molar-refractivity contribution in [3.63, 3.8) is 0 Å². The van der Waals surface area contributed by atoms with Crippen LogP contribution in [0.15, 0.2) is 16.9 Å². The number of nitrogens with one attached hydrogen (secondary N) is 1. The third-order valence-corrected chi connectivity index (χ3v) is 5.89. The largest absolute Gasteiger partial charge is 0.471 e. The first kappa shape index (κ1) is 20.5. The smallest absolute Gasteiger partial charge is 0.396 e. The van der Waals surface area contributed by atoms with Gasteiger partial charge < -0.3 is 20.5 Å². The van der Waals surface area contributed by atoms with Gasteiger partial charge in [0.25, 0.3) is 5.56 Å². The van der Waals surface area contributed by atoms with Gasteiger partial charge in [-0.15, -0.1) is 0 Å². The lowest BCUT2D eigenvalue weighted by Crippen LogP contribution is -2.39. The Kier molecular flexibility index (Phi) is 4.90. The number of fused-ring (bicyclic) bond motifs is 1. The topological polar surface area (TPSA) is 80.4 Å². The maximum absolute atomic E-state index is 15.2. The molecule has 6 nitrogen and oxygen atoms in total. The van der Waals surface area contributed by atoms with Gasteiger partial charge in [-0.25, -0.2) is 4.39 Å². The van der Waals surface area contributed by atoms with E-state index in [-0.39, 0.29) is 42.0 Å². The molecule has 1 saturated heterocycles. The van der Waals surface area contributed by atoms with Crippen LogP contribution in [0.4, 0.5) is 28.9 Å². The molecular formula is C20H22F4N4O2. The lowest BCUT2D eigenvalue weighted by molar-refractivity contribution is -0.173. The molecule has 4 rings (SSSR count). The normalized spacial score (nSPS) is 19.5. The van der Waals surface area contributed by atoms with Gasteiger partial charge in [-0.3, -0.25) is 9.59 Å². The predicted octanol–water partition coefficient (Wildman–Crippen LogP) is 2.87. The highest BCUT2D eigenvalue weighted by Crippen LogP contribution is 2.42. The van der Waals surface area contributed by atoms with E-state index in [0.717, 1.165) is 12.8 Å². The van der Waals surface area contributed by atoms with Crippen LogP contribution in [-0.4, -0.2) is 36.3 Å². The number of carbonyl (C=O) groups is 1. The van der Waals surface area contributed by atoms with E-state index < -0.39 is 17.9 Å². The average molecular weight is 426 g/mol. The van der Waals surface area contributed by atoms with Crippen molar-refractivity contribution in [3.8, 4) is 0 Å². The standard InChI is InChI=1S/C20H22F4N4O2/c1-10-17-13(4-5-14(29)28(17)12-2-3-12)16(25)15(21)18(10)27-7-6-11(9-27)8-26-19(30)20(22,23)24/h4-5,11-12H,2-3,6-9,25H2,1H3,(H,26,30). The number of anilines is 2. The quantitative estimate of drug-likeness (QED) is 0.582. The molecule has 2 aromatic rings. The van der Waals surface area contributed by atoms with Crippen LogP contribution in [0.25, 0.3) is 10.9 Å². The van der Waals surface area contributed by atoms with Crippen LogP contribution < -0.4 is 21.5 Å². The molecule has 162 valence electrons. The molecule has 0 spiro atoms. The van der Waals surface area contributed by atoms with E-state index in [1.807, 2.05) is 5.32 Å².